The molecule has 1 aliphatic heterocycles. The smallest absolute Gasteiger partial charge is 0.412 e. The number of carbonyl (C=O) groups excluding carboxylic acids is 2. The predicted molar refractivity (Wildman–Crippen MR) is 170 cm³/mol. The van der Waals surface area contributed by atoms with Gasteiger partial charge in [0.05, 0.1) is 12.4 Å². The van der Waals surface area contributed by atoms with Gasteiger partial charge in [-0.1, -0.05) is 72.8 Å². The highest BCUT2D eigenvalue weighted by atomic mass is 19.1. The van der Waals surface area contributed by atoms with Crippen LogP contribution in [0.5, 0.6) is 5.75 Å². The highest BCUT2D eigenvalue weighted by Gasteiger charge is 2.25. The van der Waals surface area contributed by atoms with Gasteiger partial charge in [-0.15, -0.1) is 0 Å². The fourth-order valence-corrected chi connectivity index (χ4v) is 5.29. The number of halogens is 1. The molecule has 44 heavy (non-hydrogen) atoms. The molecule has 2 amide bonds. The van der Waals surface area contributed by atoms with Crippen molar-refractivity contribution in [3.05, 3.63) is 115 Å². The zero-order chi connectivity index (χ0) is 30.7. The van der Waals surface area contributed by atoms with Crippen molar-refractivity contribution >= 4 is 23.4 Å². The van der Waals surface area contributed by atoms with Crippen molar-refractivity contribution in [2.75, 3.05) is 36.5 Å². The molecular weight excluding hydrogens is 559 g/mol. The normalized spacial score (nSPS) is 13.8. The van der Waals surface area contributed by atoms with Crippen molar-refractivity contribution in [1.82, 2.24) is 10.2 Å². The molecule has 1 saturated heterocycles. The monoisotopic (exact) mass is 596 g/mol. The van der Waals surface area contributed by atoms with Crippen LogP contribution in [0.2, 0.25) is 0 Å². The Morgan fingerprint density at radius 1 is 0.886 bits per heavy atom. The SMILES string of the molecule is O=C(Nc1c(F)cccc1-c1ccccc1)OC1CCN(CCC(=O)N(CNCc2ccc(O)cc2)c2ccccc2)CC1. The van der Waals surface area contributed by atoms with Crippen molar-refractivity contribution < 1.29 is 23.8 Å². The first-order valence-electron chi connectivity index (χ1n) is 14.8. The number of carbonyl (C=O) groups is 2. The summed E-state index contributed by atoms with van der Waals surface area (Å²) in [5.41, 5.74) is 3.30. The number of likely N-dealkylation sites (tertiary alicyclic amines) is 1. The number of para-hydroxylation sites is 2. The minimum absolute atomic E-state index is 0.00580. The average molecular weight is 597 g/mol. The third-order valence-electron chi connectivity index (χ3n) is 7.68. The van der Waals surface area contributed by atoms with Gasteiger partial charge >= 0.3 is 6.09 Å². The molecule has 0 aliphatic carbocycles. The Kier molecular flexibility index (Phi) is 10.6. The summed E-state index contributed by atoms with van der Waals surface area (Å²) in [6.07, 6.45) is 0.623. The quantitative estimate of drug-likeness (QED) is 0.174. The number of ether oxygens (including phenoxy) is 1. The lowest BCUT2D eigenvalue weighted by Crippen LogP contribution is -2.42. The maximum absolute atomic E-state index is 14.7. The molecule has 0 atom stereocenters. The van der Waals surface area contributed by atoms with E-state index in [0.29, 0.717) is 57.7 Å². The first-order valence-corrected chi connectivity index (χ1v) is 14.8. The minimum Gasteiger partial charge on any atom is -0.508 e. The molecule has 0 aromatic heterocycles. The van der Waals surface area contributed by atoms with Crippen molar-refractivity contribution in [3.8, 4) is 16.9 Å². The van der Waals surface area contributed by atoms with Crippen LogP contribution in [-0.4, -0.2) is 54.4 Å². The molecule has 1 aliphatic rings. The standard InChI is InChI=1S/C35H37FN4O4/c36-32-13-7-12-31(27-8-3-1-4-9-27)34(32)38-35(43)44-30-18-21-39(22-19-30)23-20-33(42)40(28-10-5-2-6-11-28)25-37-24-26-14-16-29(41)17-15-26/h1-17,30,37,41H,18-25H2,(H,38,43). The molecule has 5 rings (SSSR count). The van der Waals surface area contributed by atoms with E-state index >= 15 is 0 Å². The molecule has 0 unspecified atom stereocenters. The lowest BCUT2D eigenvalue weighted by Gasteiger charge is -2.32. The fourth-order valence-electron chi connectivity index (χ4n) is 5.29. The van der Waals surface area contributed by atoms with Gasteiger partial charge in [0.1, 0.15) is 17.7 Å². The second kappa shape index (κ2) is 15.1. The molecule has 0 spiro atoms. The molecule has 4 aromatic carbocycles. The van der Waals surface area contributed by atoms with Crippen LogP contribution >= 0.6 is 0 Å². The summed E-state index contributed by atoms with van der Waals surface area (Å²) in [5.74, 6) is -0.303. The first-order chi connectivity index (χ1) is 21.5. The number of benzene rings is 4. The number of piperidine rings is 1. The van der Waals surface area contributed by atoms with Crippen molar-refractivity contribution in [2.45, 2.75) is 31.9 Å². The summed E-state index contributed by atoms with van der Waals surface area (Å²) >= 11 is 0. The highest BCUT2D eigenvalue weighted by molar-refractivity contribution is 5.93. The second-order valence-electron chi connectivity index (χ2n) is 10.8. The first kappa shape index (κ1) is 30.7. The Hall–Kier alpha value is -4.73. The molecule has 9 heteroatoms. The number of nitrogens with zero attached hydrogens (tertiary/aromatic N) is 2. The van der Waals surface area contributed by atoms with Crippen molar-refractivity contribution in [3.63, 3.8) is 0 Å². The number of hydrogen-bond acceptors (Lipinski definition) is 6. The zero-order valence-electron chi connectivity index (χ0n) is 24.5. The van der Waals surface area contributed by atoms with E-state index in [0.717, 1.165) is 16.8 Å². The van der Waals surface area contributed by atoms with Crippen molar-refractivity contribution in [1.29, 1.82) is 0 Å². The van der Waals surface area contributed by atoms with E-state index < -0.39 is 11.9 Å². The van der Waals surface area contributed by atoms with Crippen LogP contribution in [-0.2, 0) is 16.1 Å². The number of nitrogens with one attached hydrogen (secondary N) is 2. The second-order valence-corrected chi connectivity index (χ2v) is 10.8. The average Bonchev–Trinajstić information content (AvgIpc) is 3.05. The summed E-state index contributed by atoms with van der Waals surface area (Å²) in [6, 6.07) is 30.5. The Morgan fingerprint density at radius 2 is 1.57 bits per heavy atom. The van der Waals surface area contributed by atoms with Gasteiger partial charge in [0.2, 0.25) is 5.91 Å². The summed E-state index contributed by atoms with van der Waals surface area (Å²) in [7, 11) is 0. The number of hydrogen-bond donors (Lipinski definition) is 3. The number of amides is 2. The van der Waals surface area contributed by atoms with Crippen LogP contribution in [0.4, 0.5) is 20.6 Å². The Morgan fingerprint density at radius 3 is 2.27 bits per heavy atom. The highest BCUT2D eigenvalue weighted by Crippen LogP contribution is 2.30. The molecule has 1 heterocycles. The molecule has 228 valence electrons. The summed E-state index contributed by atoms with van der Waals surface area (Å²) in [5, 5.41) is 15.4. The summed E-state index contributed by atoms with van der Waals surface area (Å²) < 4.78 is 20.3. The van der Waals surface area contributed by atoms with Gasteiger partial charge in [-0.3, -0.25) is 20.3 Å². The Balaban J connectivity index is 1.09. The van der Waals surface area contributed by atoms with E-state index in [9.17, 15) is 19.1 Å². The molecule has 0 saturated carbocycles. The maximum Gasteiger partial charge on any atom is 0.412 e. The number of phenols is 1. The van der Waals surface area contributed by atoms with E-state index in [2.05, 4.69) is 15.5 Å². The van der Waals surface area contributed by atoms with Gasteiger partial charge in [-0.05, 0) is 54.3 Å². The molecule has 8 nitrogen and oxygen atoms in total. The van der Waals surface area contributed by atoms with E-state index in [4.69, 9.17) is 4.74 Å². The van der Waals surface area contributed by atoms with Crippen LogP contribution in [0.25, 0.3) is 11.1 Å². The Bertz CT molecular complexity index is 1510. The number of rotatable bonds is 11. The summed E-state index contributed by atoms with van der Waals surface area (Å²) in [6.45, 7) is 2.87. The molecule has 4 aromatic rings. The zero-order valence-corrected chi connectivity index (χ0v) is 24.5. The van der Waals surface area contributed by atoms with E-state index in [1.165, 1.54) is 6.07 Å². The minimum atomic E-state index is -0.681. The Labute approximate surface area is 257 Å². The van der Waals surface area contributed by atoms with Crippen LogP contribution in [0.3, 0.4) is 0 Å². The van der Waals surface area contributed by atoms with Gasteiger partial charge in [-0.2, -0.15) is 0 Å². The lowest BCUT2D eigenvalue weighted by molar-refractivity contribution is -0.119. The van der Waals surface area contributed by atoms with E-state index in [1.807, 2.05) is 72.8 Å². The fraction of sp³-hybridized carbons (Fsp3) is 0.257. The van der Waals surface area contributed by atoms with Crippen LogP contribution in [0.15, 0.2) is 103 Å². The molecular formula is C35H37FN4O4. The number of phenolic OH excluding ortho intramolecular Hbond substituents is 1. The lowest BCUT2D eigenvalue weighted by atomic mass is 10.0. The topological polar surface area (TPSA) is 94.1 Å². The van der Waals surface area contributed by atoms with Gasteiger partial charge in [0, 0.05) is 43.9 Å². The molecule has 0 bridgehead atoms. The van der Waals surface area contributed by atoms with Crippen LogP contribution in [0, 0.1) is 5.82 Å². The van der Waals surface area contributed by atoms with Gasteiger partial charge in [0.25, 0.3) is 0 Å². The molecule has 3 N–H and O–H groups in total. The van der Waals surface area contributed by atoms with Gasteiger partial charge in [0.15, 0.2) is 0 Å². The van der Waals surface area contributed by atoms with E-state index in [1.54, 1.807) is 29.2 Å². The number of anilines is 2. The van der Waals surface area contributed by atoms with E-state index in [-0.39, 0.29) is 23.4 Å². The predicted octanol–water partition coefficient (Wildman–Crippen LogP) is 6.38. The largest absolute Gasteiger partial charge is 0.508 e. The third kappa shape index (κ3) is 8.43. The van der Waals surface area contributed by atoms with Gasteiger partial charge < -0.3 is 14.7 Å². The number of aromatic hydroxyl groups is 1. The van der Waals surface area contributed by atoms with Crippen molar-refractivity contribution in [2.24, 2.45) is 0 Å². The maximum atomic E-state index is 14.7. The van der Waals surface area contributed by atoms with Crippen LogP contribution < -0.4 is 15.5 Å². The van der Waals surface area contributed by atoms with Crippen LogP contribution in [0.1, 0.15) is 24.8 Å². The molecule has 0 radical (unpaired) electrons. The summed E-state index contributed by atoms with van der Waals surface area (Å²) in [4.78, 5) is 30.0. The third-order valence-corrected chi connectivity index (χ3v) is 7.68. The van der Waals surface area contributed by atoms with Gasteiger partial charge in [-0.25, -0.2) is 9.18 Å². The molecule has 1 fully saturated rings.